The Morgan fingerprint density at radius 2 is 1.94 bits per heavy atom. The molecule has 0 radical (unpaired) electrons. The van der Waals surface area contributed by atoms with Crippen LogP contribution in [0.1, 0.15) is 11.3 Å². The van der Waals surface area contributed by atoms with Crippen LogP contribution < -0.4 is 5.32 Å². The molecule has 2 aromatic rings. The third-order valence-corrected chi connectivity index (χ3v) is 2.32. The predicted molar refractivity (Wildman–Crippen MR) is 60.4 cm³/mol. The van der Waals surface area contributed by atoms with Gasteiger partial charge in [-0.15, -0.1) is 0 Å². The molecular formula is C12H10F3N3. The van der Waals surface area contributed by atoms with Crippen molar-refractivity contribution in [1.82, 2.24) is 9.97 Å². The van der Waals surface area contributed by atoms with Gasteiger partial charge in [0.15, 0.2) is 17.5 Å². The van der Waals surface area contributed by atoms with E-state index in [-0.39, 0.29) is 12.4 Å². The summed E-state index contributed by atoms with van der Waals surface area (Å²) in [6.07, 6.45) is 1.61. The van der Waals surface area contributed by atoms with Gasteiger partial charge in [0.25, 0.3) is 5.95 Å². The van der Waals surface area contributed by atoms with Crippen molar-refractivity contribution >= 4 is 5.82 Å². The molecule has 6 heteroatoms. The Kier molecular flexibility index (Phi) is 3.45. The number of hydrogen-bond acceptors (Lipinski definition) is 3. The summed E-state index contributed by atoms with van der Waals surface area (Å²) >= 11 is 0. The summed E-state index contributed by atoms with van der Waals surface area (Å²) in [5.74, 6) is -3.90. The van der Waals surface area contributed by atoms with Gasteiger partial charge in [0.2, 0.25) is 0 Å². The van der Waals surface area contributed by atoms with E-state index in [4.69, 9.17) is 0 Å². The van der Waals surface area contributed by atoms with Gasteiger partial charge < -0.3 is 5.32 Å². The lowest BCUT2D eigenvalue weighted by molar-refractivity contribution is 0.466. The fraction of sp³-hybridized carbons (Fsp3) is 0.167. The monoisotopic (exact) mass is 253 g/mol. The molecule has 0 aliphatic rings. The van der Waals surface area contributed by atoms with Gasteiger partial charge in [-0.2, -0.15) is 9.37 Å². The van der Waals surface area contributed by atoms with Crippen LogP contribution >= 0.6 is 0 Å². The molecule has 0 aliphatic carbocycles. The van der Waals surface area contributed by atoms with Gasteiger partial charge in [0.1, 0.15) is 0 Å². The Morgan fingerprint density at radius 3 is 2.61 bits per heavy atom. The fourth-order valence-electron chi connectivity index (χ4n) is 1.36. The molecule has 0 atom stereocenters. The number of aryl methyl sites for hydroxylation is 1. The Labute approximate surface area is 102 Å². The summed E-state index contributed by atoms with van der Waals surface area (Å²) in [6, 6.07) is 4.05. The van der Waals surface area contributed by atoms with Gasteiger partial charge in [-0.05, 0) is 18.6 Å². The van der Waals surface area contributed by atoms with Crippen LogP contribution in [0.15, 0.2) is 24.4 Å². The van der Waals surface area contributed by atoms with Crippen molar-refractivity contribution in [3.63, 3.8) is 0 Å². The van der Waals surface area contributed by atoms with E-state index in [1.807, 2.05) is 6.92 Å². The highest BCUT2D eigenvalue weighted by atomic mass is 19.2. The molecule has 0 unspecified atom stereocenters. The second-order valence-electron chi connectivity index (χ2n) is 3.75. The maximum atomic E-state index is 13.3. The number of pyridine rings is 2. The Morgan fingerprint density at radius 1 is 1.17 bits per heavy atom. The van der Waals surface area contributed by atoms with Gasteiger partial charge in [-0.3, -0.25) is 4.98 Å². The minimum absolute atomic E-state index is 0.224. The van der Waals surface area contributed by atoms with Crippen LogP contribution in [0.2, 0.25) is 0 Å². The molecule has 0 saturated carbocycles. The van der Waals surface area contributed by atoms with E-state index in [9.17, 15) is 13.2 Å². The van der Waals surface area contributed by atoms with E-state index in [0.717, 1.165) is 11.3 Å². The van der Waals surface area contributed by atoms with Crippen molar-refractivity contribution in [2.75, 3.05) is 5.32 Å². The van der Waals surface area contributed by atoms with Crippen molar-refractivity contribution in [2.45, 2.75) is 13.5 Å². The lowest BCUT2D eigenvalue weighted by atomic mass is 10.2. The Bertz CT molecular complexity index is 555. The van der Waals surface area contributed by atoms with Crippen LogP contribution in [0.5, 0.6) is 0 Å². The van der Waals surface area contributed by atoms with Crippen LogP contribution in [-0.2, 0) is 6.54 Å². The summed E-state index contributed by atoms with van der Waals surface area (Å²) < 4.78 is 38.7. The highest BCUT2D eigenvalue weighted by Crippen LogP contribution is 2.15. The average molecular weight is 253 g/mol. The predicted octanol–water partition coefficient (Wildman–Crippen LogP) is 2.81. The third-order valence-electron chi connectivity index (χ3n) is 2.32. The number of nitrogens with one attached hydrogen (secondary N) is 1. The van der Waals surface area contributed by atoms with E-state index in [1.54, 1.807) is 18.3 Å². The number of aromatic nitrogens is 2. The maximum absolute atomic E-state index is 13.3. The van der Waals surface area contributed by atoms with E-state index in [2.05, 4.69) is 15.3 Å². The molecule has 94 valence electrons. The number of halogens is 3. The minimum Gasteiger partial charge on any atom is -0.363 e. The fourth-order valence-corrected chi connectivity index (χ4v) is 1.36. The molecule has 3 nitrogen and oxygen atoms in total. The lowest BCUT2D eigenvalue weighted by Gasteiger charge is -2.07. The summed E-state index contributed by atoms with van der Waals surface area (Å²) in [6.45, 7) is 2.07. The van der Waals surface area contributed by atoms with Gasteiger partial charge in [-0.25, -0.2) is 8.78 Å². The second-order valence-corrected chi connectivity index (χ2v) is 3.75. The van der Waals surface area contributed by atoms with Crippen LogP contribution in [-0.4, -0.2) is 9.97 Å². The highest BCUT2D eigenvalue weighted by Gasteiger charge is 2.11. The first-order chi connectivity index (χ1) is 8.56. The molecule has 18 heavy (non-hydrogen) atoms. The zero-order valence-corrected chi connectivity index (χ0v) is 9.54. The van der Waals surface area contributed by atoms with Crippen LogP contribution in [0.25, 0.3) is 0 Å². The van der Waals surface area contributed by atoms with E-state index >= 15 is 0 Å². The molecule has 0 aliphatic heterocycles. The quantitative estimate of drug-likeness (QED) is 0.855. The SMILES string of the molecule is Cc1ccc(CNc2nc(F)c(F)cc2F)cn1. The lowest BCUT2D eigenvalue weighted by Crippen LogP contribution is -2.06. The Balaban J connectivity index is 2.10. The molecule has 0 saturated heterocycles. The van der Waals surface area contributed by atoms with Gasteiger partial charge in [-0.1, -0.05) is 6.07 Å². The molecule has 2 heterocycles. The Hall–Kier alpha value is -2.11. The average Bonchev–Trinajstić information content (AvgIpc) is 2.34. The van der Waals surface area contributed by atoms with Crippen molar-refractivity contribution in [1.29, 1.82) is 0 Å². The van der Waals surface area contributed by atoms with Crippen LogP contribution in [0, 0.1) is 24.5 Å². The molecular weight excluding hydrogens is 243 g/mol. The minimum atomic E-state index is -1.33. The molecule has 0 spiro atoms. The van der Waals surface area contributed by atoms with Crippen molar-refractivity contribution in [3.05, 3.63) is 53.2 Å². The van der Waals surface area contributed by atoms with Crippen molar-refractivity contribution in [3.8, 4) is 0 Å². The first kappa shape index (κ1) is 12.3. The highest BCUT2D eigenvalue weighted by molar-refractivity contribution is 5.37. The number of hydrogen-bond donors (Lipinski definition) is 1. The summed E-state index contributed by atoms with van der Waals surface area (Å²) in [4.78, 5) is 7.21. The molecule has 2 rings (SSSR count). The standard InChI is InChI=1S/C12H10F3N3/c1-7-2-3-8(5-16-7)6-17-12-10(14)4-9(13)11(15)18-12/h2-5H,6H2,1H3,(H,17,18). The largest absolute Gasteiger partial charge is 0.363 e. The molecule has 2 aromatic heterocycles. The smallest absolute Gasteiger partial charge is 0.251 e. The normalized spacial score (nSPS) is 10.4. The second kappa shape index (κ2) is 5.03. The zero-order valence-electron chi connectivity index (χ0n) is 9.54. The van der Waals surface area contributed by atoms with Crippen molar-refractivity contribution in [2.24, 2.45) is 0 Å². The van der Waals surface area contributed by atoms with Gasteiger partial charge in [0.05, 0.1) is 0 Å². The van der Waals surface area contributed by atoms with E-state index < -0.39 is 17.6 Å². The van der Waals surface area contributed by atoms with Gasteiger partial charge in [0, 0.05) is 24.5 Å². The molecule has 0 fully saturated rings. The van der Waals surface area contributed by atoms with Crippen molar-refractivity contribution < 1.29 is 13.2 Å². The first-order valence-electron chi connectivity index (χ1n) is 5.23. The summed E-state index contributed by atoms with van der Waals surface area (Å²) in [7, 11) is 0. The summed E-state index contributed by atoms with van der Waals surface area (Å²) in [5.41, 5.74) is 1.64. The van der Waals surface area contributed by atoms with E-state index in [0.29, 0.717) is 6.07 Å². The van der Waals surface area contributed by atoms with Gasteiger partial charge >= 0.3 is 0 Å². The molecule has 0 amide bonds. The molecule has 1 N–H and O–H groups in total. The zero-order chi connectivity index (χ0) is 13.1. The number of rotatable bonds is 3. The number of anilines is 1. The molecule has 0 aromatic carbocycles. The van der Waals surface area contributed by atoms with Crippen LogP contribution in [0.4, 0.5) is 19.0 Å². The summed E-state index contributed by atoms with van der Waals surface area (Å²) in [5, 5.41) is 2.58. The number of nitrogens with zero attached hydrogens (tertiary/aromatic N) is 2. The first-order valence-corrected chi connectivity index (χ1v) is 5.23. The molecule has 0 bridgehead atoms. The third kappa shape index (κ3) is 2.77. The topological polar surface area (TPSA) is 37.8 Å². The van der Waals surface area contributed by atoms with E-state index in [1.165, 1.54) is 0 Å². The maximum Gasteiger partial charge on any atom is 0.251 e. The van der Waals surface area contributed by atoms with Crippen LogP contribution in [0.3, 0.4) is 0 Å².